The summed E-state index contributed by atoms with van der Waals surface area (Å²) in [4.78, 5) is 23.1. The molecule has 1 heterocycles. The summed E-state index contributed by atoms with van der Waals surface area (Å²) in [5.74, 6) is 0. The fourth-order valence-electron chi connectivity index (χ4n) is 2.63. The van der Waals surface area contributed by atoms with Crippen molar-refractivity contribution >= 4 is 16.8 Å². The molecule has 1 aliphatic rings. The SMILES string of the molecule is O=C(Cl)CCc1cccn(C2CCCCC2)c1=O. The number of carbonyl (C=O) groups is 1. The highest BCUT2D eigenvalue weighted by Crippen LogP contribution is 2.26. The van der Waals surface area contributed by atoms with E-state index in [2.05, 4.69) is 0 Å². The summed E-state index contributed by atoms with van der Waals surface area (Å²) in [6.45, 7) is 0. The van der Waals surface area contributed by atoms with Gasteiger partial charge in [0, 0.05) is 24.2 Å². The summed E-state index contributed by atoms with van der Waals surface area (Å²) in [6.07, 6.45) is 8.36. The molecule has 1 aromatic rings. The maximum atomic E-state index is 12.3. The van der Waals surface area contributed by atoms with Gasteiger partial charge in [0.15, 0.2) is 0 Å². The Bertz CT molecular complexity index is 475. The molecule has 3 nitrogen and oxygen atoms in total. The van der Waals surface area contributed by atoms with Crippen LogP contribution in [0.1, 0.15) is 50.1 Å². The Morgan fingerprint density at radius 1 is 1.33 bits per heavy atom. The molecule has 0 saturated heterocycles. The molecule has 0 spiro atoms. The lowest BCUT2D eigenvalue weighted by molar-refractivity contribution is -0.111. The molecular weight excluding hydrogens is 250 g/mol. The van der Waals surface area contributed by atoms with Crippen LogP contribution in [0.5, 0.6) is 0 Å². The van der Waals surface area contributed by atoms with Crippen LogP contribution in [0.4, 0.5) is 0 Å². The summed E-state index contributed by atoms with van der Waals surface area (Å²) in [5.41, 5.74) is 0.736. The molecule has 1 aromatic heterocycles. The molecule has 0 aliphatic heterocycles. The normalized spacial score (nSPS) is 16.7. The molecule has 2 rings (SSSR count). The van der Waals surface area contributed by atoms with E-state index in [0.29, 0.717) is 18.0 Å². The number of nitrogens with zero attached hydrogens (tertiary/aromatic N) is 1. The zero-order valence-corrected chi connectivity index (χ0v) is 11.2. The van der Waals surface area contributed by atoms with E-state index >= 15 is 0 Å². The van der Waals surface area contributed by atoms with Gasteiger partial charge in [-0.1, -0.05) is 25.3 Å². The second-order valence-corrected chi connectivity index (χ2v) is 5.31. The van der Waals surface area contributed by atoms with Crippen LogP contribution in [0, 0.1) is 0 Å². The van der Waals surface area contributed by atoms with Crippen LogP contribution >= 0.6 is 11.6 Å². The first-order valence-corrected chi connectivity index (χ1v) is 6.94. The zero-order valence-electron chi connectivity index (χ0n) is 10.4. The third-order valence-corrected chi connectivity index (χ3v) is 3.80. The molecule has 0 atom stereocenters. The smallest absolute Gasteiger partial charge is 0.253 e. The van der Waals surface area contributed by atoms with Gasteiger partial charge in [-0.05, 0) is 36.9 Å². The van der Waals surface area contributed by atoms with Gasteiger partial charge in [0.05, 0.1) is 0 Å². The highest BCUT2D eigenvalue weighted by atomic mass is 35.5. The van der Waals surface area contributed by atoms with E-state index in [1.807, 2.05) is 16.8 Å². The fraction of sp³-hybridized carbons (Fsp3) is 0.571. The van der Waals surface area contributed by atoms with Crippen molar-refractivity contribution in [2.45, 2.75) is 51.0 Å². The number of hydrogen-bond donors (Lipinski definition) is 0. The Kier molecular flexibility index (Phi) is 4.59. The number of aromatic nitrogens is 1. The molecule has 0 aromatic carbocycles. The van der Waals surface area contributed by atoms with Gasteiger partial charge in [-0.25, -0.2) is 0 Å². The molecule has 98 valence electrons. The summed E-state index contributed by atoms with van der Waals surface area (Å²) in [6, 6.07) is 4.02. The van der Waals surface area contributed by atoms with E-state index in [9.17, 15) is 9.59 Å². The van der Waals surface area contributed by atoms with Crippen molar-refractivity contribution in [1.29, 1.82) is 0 Å². The lowest BCUT2D eigenvalue weighted by Gasteiger charge is -2.24. The predicted molar refractivity (Wildman–Crippen MR) is 72.0 cm³/mol. The molecule has 1 saturated carbocycles. The summed E-state index contributed by atoms with van der Waals surface area (Å²) in [5, 5.41) is -0.387. The molecule has 4 heteroatoms. The Labute approximate surface area is 112 Å². The van der Waals surface area contributed by atoms with E-state index in [1.54, 1.807) is 6.07 Å². The van der Waals surface area contributed by atoms with Gasteiger partial charge in [0.25, 0.3) is 5.56 Å². The summed E-state index contributed by atoms with van der Waals surface area (Å²) < 4.78 is 1.84. The Morgan fingerprint density at radius 3 is 2.72 bits per heavy atom. The topological polar surface area (TPSA) is 39.1 Å². The maximum absolute atomic E-state index is 12.3. The first-order valence-electron chi connectivity index (χ1n) is 6.57. The lowest BCUT2D eigenvalue weighted by Crippen LogP contribution is -2.28. The maximum Gasteiger partial charge on any atom is 0.253 e. The molecule has 0 amide bonds. The van der Waals surface area contributed by atoms with Crippen LogP contribution in [-0.2, 0) is 11.2 Å². The number of halogens is 1. The quantitative estimate of drug-likeness (QED) is 0.787. The lowest BCUT2D eigenvalue weighted by atomic mass is 9.95. The number of rotatable bonds is 4. The number of hydrogen-bond acceptors (Lipinski definition) is 2. The van der Waals surface area contributed by atoms with Gasteiger partial charge in [-0.15, -0.1) is 0 Å². The van der Waals surface area contributed by atoms with Crippen LogP contribution in [0.3, 0.4) is 0 Å². The van der Waals surface area contributed by atoms with Crippen molar-refractivity contribution in [3.05, 3.63) is 34.2 Å². The molecule has 0 radical (unpaired) electrons. The third-order valence-electron chi connectivity index (χ3n) is 3.61. The van der Waals surface area contributed by atoms with Crippen molar-refractivity contribution in [3.8, 4) is 0 Å². The predicted octanol–water partition coefficient (Wildman–Crippen LogP) is 3.05. The van der Waals surface area contributed by atoms with Crippen molar-refractivity contribution in [2.75, 3.05) is 0 Å². The molecule has 0 bridgehead atoms. The largest absolute Gasteiger partial charge is 0.312 e. The minimum Gasteiger partial charge on any atom is -0.312 e. The minimum absolute atomic E-state index is 0.0438. The molecule has 18 heavy (non-hydrogen) atoms. The zero-order chi connectivity index (χ0) is 13.0. The first kappa shape index (κ1) is 13.3. The summed E-state index contributed by atoms with van der Waals surface area (Å²) in [7, 11) is 0. The molecule has 1 fully saturated rings. The molecule has 0 unspecified atom stereocenters. The van der Waals surface area contributed by atoms with E-state index in [-0.39, 0.29) is 17.2 Å². The Balaban J connectivity index is 2.18. The minimum atomic E-state index is -0.387. The van der Waals surface area contributed by atoms with Crippen molar-refractivity contribution in [3.63, 3.8) is 0 Å². The second-order valence-electron chi connectivity index (χ2n) is 4.89. The first-order chi connectivity index (χ1) is 8.68. The van der Waals surface area contributed by atoms with Gasteiger partial charge in [0.2, 0.25) is 5.24 Å². The monoisotopic (exact) mass is 267 g/mol. The van der Waals surface area contributed by atoms with Crippen LogP contribution in [0.25, 0.3) is 0 Å². The van der Waals surface area contributed by atoms with Gasteiger partial charge in [-0.2, -0.15) is 0 Å². The highest BCUT2D eigenvalue weighted by Gasteiger charge is 2.17. The van der Waals surface area contributed by atoms with E-state index in [1.165, 1.54) is 19.3 Å². The second kappa shape index (κ2) is 6.19. The standard InChI is InChI=1S/C14H18ClNO2/c15-13(17)9-8-11-5-4-10-16(14(11)18)12-6-2-1-3-7-12/h4-5,10,12H,1-3,6-9H2. The fourth-order valence-corrected chi connectivity index (χ4v) is 2.72. The Hall–Kier alpha value is -1.09. The van der Waals surface area contributed by atoms with Crippen molar-refractivity contribution < 1.29 is 4.79 Å². The average molecular weight is 268 g/mol. The van der Waals surface area contributed by atoms with Gasteiger partial charge < -0.3 is 4.57 Å². The summed E-state index contributed by atoms with van der Waals surface area (Å²) >= 11 is 5.32. The molecule has 1 aliphatic carbocycles. The van der Waals surface area contributed by atoms with Crippen LogP contribution < -0.4 is 5.56 Å². The number of pyridine rings is 1. The highest BCUT2D eigenvalue weighted by molar-refractivity contribution is 6.63. The molecular formula is C14H18ClNO2. The number of aryl methyl sites for hydroxylation is 1. The third kappa shape index (κ3) is 3.22. The van der Waals surface area contributed by atoms with Crippen molar-refractivity contribution in [1.82, 2.24) is 4.57 Å². The van der Waals surface area contributed by atoms with Gasteiger partial charge in [0.1, 0.15) is 0 Å². The Morgan fingerprint density at radius 2 is 2.06 bits per heavy atom. The van der Waals surface area contributed by atoms with Crippen molar-refractivity contribution in [2.24, 2.45) is 0 Å². The number of carbonyl (C=O) groups excluding carboxylic acids is 1. The van der Waals surface area contributed by atoms with E-state index < -0.39 is 0 Å². The van der Waals surface area contributed by atoms with Crippen LogP contribution in [0.2, 0.25) is 0 Å². The van der Waals surface area contributed by atoms with E-state index in [0.717, 1.165) is 12.8 Å². The van der Waals surface area contributed by atoms with Crippen LogP contribution in [0.15, 0.2) is 23.1 Å². The van der Waals surface area contributed by atoms with Gasteiger partial charge >= 0.3 is 0 Å². The van der Waals surface area contributed by atoms with Crippen LogP contribution in [-0.4, -0.2) is 9.81 Å². The molecule has 0 N–H and O–H groups in total. The van der Waals surface area contributed by atoms with E-state index in [4.69, 9.17) is 11.6 Å². The van der Waals surface area contributed by atoms with Gasteiger partial charge in [-0.3, -0.25) is 9.59 Å². The average Bonchev–Trinajstić information content (AvgIpc) is 2.38.